The fourth-order valence-electron chi connectivity index (χ4n) is 1.12. The van der Waals surface area contributed by atoms with Gasteiger partial charge in [0.2, 0.25) is 0 Å². The highest BCUT2D eigenvalue weighted by Crippen LogP contribution is 2.12. The smallest absolute Gasteiger partial charge is 0.317 e. The Morgan fingerprint density at radius 3 is 2.94 bits per heavy atom. The van der Waals surface area contributed by atoms with Crippen LogP contribution < -0.4 is 4.74 Å². The largest absolute Gasteiger partial charge is 0.494 e. The Kier molecular flexibility index (Phi) is 4.94. The van der Waals surface area contributed by atoms with Gasteiger partial charge < -0.3 is 9.47 Å². The molecule has 0 aliphatic rings. The number of methoxy groups -OCH3 is 1. The van der Waals surface area contributed by atoms with Crippen LogP contribution in [0.4, 0.5) is 0 Å². The lowest BCUT2D eigenvalue weighted by molar-refractivity contribution is -0.139. The van der Waals surface area contributed by atoms with E-state index >= 15 is 0 Å². The van der Waals surface area contributed by atoms with Gasteiger partial charge >= 0.3 is 5.97 Å². The second-order valence-electron chi connectivity index (χ2n) is 3.02. The third-order valence-electron chi connectivity index (χ3n) is 1.84. The monoisotopic (exact) mass is 218 g/mol. The van der Waals surface area contributed by atoms with Crippen LogP contribution >= 0.6 is 0 Å². The summed E-state index contributed by atoms with van der Waals surface area (Å²) in [7, 11) is 1.35. The van der Waals surface area contributed by atoms with Crippen molar-refractivity contribution in [2.75, 3.05) is 13.7 Å². The SMILES string of the molecule is CCOc1cccc(C#CCC(=O)OC)c1. The first-order chi connectivity index (χ1) is 7.76. The second-order valence-corrected chi connectivity index (χ2v) is 3.02. The van der Waals surface area contributed by atoms with Crippen LogP contribution in [0, 0.1) is 11.8 Å². The summed E-state index contributed by atoms with van der Waals surface area (Å²) in [6, 6.07) is 7.45. The average Bonchev–Trinajstić information content (AvgIpc) is 2.30. The van der Waals surface area contributed by atoms with Crippen LogP contribution in [-0.2, 0) is 9.53 Å². The van der Waals surface area contributed by atoms with Gasteiger partial charge in [0.25, 0.3) is 0 Å². The first-order valence-corrected chi connectivity index (χ1v) is 5.04. The van der Waals surface area contributed by atoms with Gasteiger partial charge in [0.1, 0.15) is 12.2 Å². The molecular formula is C13H14O3. The van der Waals surface area contributed by atoms with Crippen molar-refractivity contribution in [2.24, 2.45) is 0 Å². The van der Waals surface area contributed by atoms with E-state index in [0.29, 0.717) is 6.61 Å². The molecule has 0 N–H and O–H groups in total. The molecule has 0 saturated heterocycles. The van der Waals surface area contributed by atoms with Crippen molar-refractivity contribution in [3.63, 3.8) is 0 Å². The zero-order valence-electron chi connectivity index (χ0n) is 9.45. The minimum Gasteiger partial charge on any atom is -0.494 e. The molecule has 0 aliphatic carbocycles. The van der Waals surface area contributed by atoms with Crippen molar-refractivity contribution >= 4 is 5.97 Å². The van der Waals surface area contributed by atoms with E-state index in [-0.39, 0.29) is 12.4 Å². The molecule has 3 nitrogen and oxygen atoms in total. The van der Waals surface area contributed by atoms with Crippen LogP contribution in [0.1, 0.15) is 18.9 Å². The molecule has 3 heteroatoms. The number of hydrogen-bond acceptors (Lipinski definition) is 3. The molecule has 0 aliphatic heterocycles. The molecular weight excluding hydrogens is 204 g/mol. The highest BCUT2D eigenvalue weighted by atomic mass is 16.5. The van der Waals surface area contributed by atoms with E-state index < -0.39 is 0 Å². The van der Waals surface area contributed by atoms with Gasteiger partial charge in [-0.05, 0) is 25.1 Å². The number of hydrogen-bond donors (Lipinski definition) is 0. The summed E-state index contributed by atoms with van der Waals surface area (Å²) in [5.41, 5.74) is 0.829. The highest BCUT2D eigenvalue weighted by molar-refractivity contribution is 5.72. The summed E-state index contributed by atoms with van der Waals surface area (Å²) in [6.07, 6.45) is 0.107. The molecule has 0 atom stereocenters. The lowest BCUT2D eigenvalue weighted by atomic mass is 10.2. The number of carbonyl (C=O) groups excluding carboxylic acids is 1. The second kappa shape index (κ2) is 6.52. The van der Waals surface area contributed by atoms with E-state index in [1.807, 2.05) is 31.2 Å². The molecule has 0 amide bonds. The summed E-state index contributed by atoms with van der Waals surface area (Å²) in [4.78, 5) is 10.8. The van der Waals surface area contributed by atoms with Crippen LogP contribution in [0.3, 0.4) is 0 Å². The predicted molar refractivity (Wildman–Crippen MR) is 61.1 cm³/mol. The summed E-state index contributed by atoms with van der Waals surface area (Å²) in [5.74, 6) is 6.08. The van der Waals surface area contributed by atoms with Gasteiger partial charge in [-0.3, -0.25) is 4.79 Å². The van der Waals surface area contributed by atoms with Crippen LogP contribution in [0.5, 0.6) is 5.75 Å². The number of carbonyl (C=O) groups is 1. The Bertz CT molecular complexity index is 413. The predicted octanol–water partition coefficient (Wildman–Crippen LogP) is 2.00. The minimum atomic E-state index is -0.325. The molecule has 0 radical (unpaired) electrons. The molecule has 1 aromatic carbocycles. The molecule has 0 aromatic heterocycles. The fourth-order valence-corrected chi connectivity index (χ4v) is 1.12. The van der Waals surface area contributed by atoms with E-state index in [1.165, 1.54) is 7.11 Å². The lowest BCUT2D eigenvalue weighted by Gasteiger charge is -2.01. The van der Waals surface area contributed by atoms with Crippen molar-refractivity contribution in [1.29, 1.82) is 0 Å². The Hall–Kier alpha value is -1.95. The van der Waals surface area contributed by atoms with Gasteiger partial charge in [0, 0.05) is 5.56 Å². The maximum atomic E-state index is 10.8. The number of benzene rings is 1. The maximum absolute atomic E-state index is 10.8. The standard InChI is InChI=1S/C13H14O3/c1-3-16-12-8-4-6-11(10-12)7-5-9-13(14)15-2/h4,6,8,10H,3,9H2,1-2H3. The van der Waals surface area contributed by atoms with Crippen LogP contribution in [-0.4, -0.2) is 19.7 Å². The zero-order valence-corrected chi connectivity index (χ0v) is 9.45. The molecule has 1 aromatic rings. The zero-order chi connectivity index (χ0) is 11.8. The minimum absolute atomic E-state index is 0.107. The Labute approximate surface area is 95.4 Å². The van der Waals surface area contributed by atoms with E-state index in [0.717, 1.165) is 11.3 Å². The Morgan fingerprint density at radius 1 is 1.44 bits per heavy atom. The highest BCUT2D eigenvalue weighted by Gasteiger charge is 1.95. The molecule has 16 heavy (non-hydrogen) atoms. The van der Waals surface area contributed by atoms with Gasteiger partial charge in [-0.2, -0.15) is 0 Å². The summed E-state index contributed by atoms with van der Waals surface area (Å²) >= 11 is 0. The van der Waals surface area contributed by atoms with Crippen LogP contribution in [0.15, 0.2) is 24.3 Å². The maximum Gasteiger partial charge on any atom is 0.317 e. The van der Waals surface area contributed by atoms with Crippen molar-refractivity contribution in [2.45, 2.75) is 13.3 Å². The molecule has 1 rings (SSSR count). The van der Waals surface area contributed by atoms with E-state index in [1.54, 1.807) is 0 Å². The van der Waals surface area contributed by atoms with Gasteiger partial charge in [-0.25, -0.2) is 0 Å². The normalized spacial score (nSPS) is 8.88. The molecule has 84 valence electrons. The molecule has 0 saturated carbocycles. The third kappa shape index (κ3) is 4.05. The third-order valence-corrected chi connectivity index (χ3v) is 1.84. The number of rotatable bonds is 3. The van der Waals surface area contributed by atoms with E-state index in [2.05, 4.69) is 16.6 Å². The van der Waals surface area contributed by atoms with Gasteiger partial charge in [0.05, 0.1) is 13.7 Å². The van der Waals surface area contributed by atoms with Gasteiger partial charge in [0.15, 0.2) is 0 Å². The molecule has 0 fully saturated rings. The fraction of sp³-hybridized carbons (Fsp3) is 0.308. The van der Waals surface area contributed by atoms with Crippen LogP contribution in [0.25, 0.3) is 0 Å². The molecule has 0 spiro atoms. The Balaban J connectivity index is 2.65. The Morgan fingerprint density at radius 2 is 2.25 bits per heavy atom. The van der Waals surface area contributed by atoms with E-state index in [4.69, 9.17) is 4.74 Å². The van der Waals surface area contributed by atoms with Crippen LogP contribution in [0.2, 0.25) is 0 Å². The van der Waals surface area contributed by atoms with Crippen molar-refractivity contribution in [3.05, 3.63) is 29.8 Å². The van der Waals surface area contributed by atoms with Gasteiger partial charge in [-0.15, -0.1) is 0 Å². The topological polar surface area (TPSA) is 35.5 Å². The van der Waals surface area contributed by atoms with Gasteiger partial charge in [-0.1, -0.05) is 17.9 Å². The van der Waals surface area contributed by atoms with Crippen molar-refractivity contribution < 1.29 is 14.3 Å². The number of ether oxygens (including phenoxy) is 2. The molecule has 0 bridgehead atoms. The van der Waals surface area contributed by atoms with E-state index in [9.17, 15) is 4.79 Å². The average molecular weight is 218 g/mol. The first kappa shape index (κ1) is 12.1. The summed E-state index contributed by atoms with van der Waals surface area (Å²) < 4.78 is 9.82. The van der Waals surface area contributed by atoms with Crippen molar-refractivity contribution in [3.8, 4) is 17.6 Å². The summed E-state index contributed by atoms with van der Waals surface area (Å²) in [6.45, 7) is 2.55. The summed E-state index contributed by atoms with van der Waals surface area (Å²) in [5, 5.41) is 0. The molecule has 0 heterocycles. The molecule has 0 unspecified atom stereocenters. The van der Waals surface area contributed by atoms with Crippen molar-refractivity contribution in [1.82, 2.24) is 0 Å². The lowest BCUT2D eigenvalue weighted by Crippen LogP contribution is -1.97. The number of esters is 1. The quantitative estimate of drug-likeness (QED) is 0.575. The first-order valence-electron chi connectivity index (χ1n) is 5.04.